The Balaban J connectivity index is 1.82. The van der Waals surface area contributed by atoms with Gasteiger partial charge in [0.1, 0.15) is 0 Å². The van der Waals surface area contributed by atoms with Gasteiger partial charge in [-0.1, -0.05) is 38.0 Å². The average molecular weight is 313 g/mol. The van der Waals surface area contributed by atoms with E-state index in [0.717, 1.165) is 37.1 Å². The summed E-state index contributed by atoms with van der Waals surface area (Å²) >= 11 is 0. The van der Waals surface area contributed by atoms with Gasteiger partial charge in [-0.15, -0.1) is 0 Å². The van der Waals surface area contributed by atoms with E-state index >= 15 is 0 Å². The topological polar surface area (TPSA) is 67.2 Å². The fourth-order valence-electron chi connectivity index (χ4n) is 3.22. The van der Waals surface area contributed by atoms with Gasteiger partial charge in [0, 0.05) is 0 Å². The molecule has 1 aliphatic carbocycles. The molecule has 2 unspecified atom stereocenters. The maximum atomic E-state index is 12.6. The summed E-state index contributed by atoms with van der Waals surface area (Å²) in [5.41, 5.74) is 2.43. The van der Waals surface area contributed by atoms with Crippen LogP contribution < -0.4 is 5.32 Å². The fraction of sp³-hybridized carbons (Fsp3) is 0.444. The van der Waals surface area contributed by atoms with Crippen molar-refractivity contribution in [3.63, 3.8) is 0 Å². The van der Waals surface area contributed by atoms with Crippen molar-refractivity contribution in [2.45, 2.75) is 51.2 Å². The summed E-state index contributed by atoms with van der Waals surface area (Å²) in [4.78, 5) is 12.6. The first kappa shape index (κ1) is 15.7. The Bertz CT molecular complexity index is 666. The predicted octanol–water partition coefficient (Wildman–Crippen LogP) is 2.47. The van der Waals surface area contributed by atoms with Crippen LogP contribution >= 0.6 is 0 Å². The number of carbonyl (C=O) groups is 1. The second kappa shape index (κ2) is 6.96. The van der Waals surface area contributed by atoms with Crippen LogP contribution in [0.2, 0.25) is 0 Å². The molecule has 1 aromatic carbocycles. The van der Waals surface area contributed by atoms with Gasteiger partial charge >= 0.3 is 0 Å². The van der Waals surface area contributed by atoms with Crippen LogP contribution in [0.4, 0.5) is 0 Å². The number of nitrogens with zero attached hydrogens (tertiary/aromatic N) is 2. The lowest BCUT2D eigenvalue weighted by Crippen LogP contribution is -2.45. The number of hydrogen-bond donors (Lipinski definition) is 2. The summed E-state index contributed by atoms with van der Waals surface area (Å²) in [6, 6.07) is 9.65. The van der Waals surface area contributed by atoms with Crippen LogP contribution in [0, 0.1) is 0 Å². The number of carbonyl (C=O) groups excluding carboxylic acids is 1. The minimum absolute atomic E-state index is 0.144. The number of benzene rings is 1. The molecule has 1 aliphatic rings. The molecule has 5 nitrogen and oxygen atoms in total. The first-order valence-corrected chi connectivity index (χ1v) is 8.32. The van der Waals surface area contributed by atoms with Crippen molar-refractivity contribution in [1.29, 1.82) is 0 Å². The second-order valence-electron chi connectivity index (χ2n) is 6.04. The van der Waals surface area contributed by atoms with E-state index in [1.165, 1.54) is 0 Å². The second-order valence-corrected chi connectivity index (χ2v) is 6.04. The normalized spacial score (nSPS) is 21.1. The van der Waals surface area contributed by atoms with Crippen molar-refractivity contribution < 1.29 is 9.90 Å². The van der Waals surface area contributed by atoms with E-state index in [1.807, 2.05) is 41.9 Å². The number of amides is 1. The molecule has 23 heavy (non-hydrogen) atoms. The summed E-state index contributed by atoms with van der Waals surface area (Å²) in [6.45, 7) is 2.02. The summed E-state index contributed by atoms with van der Waals surface area (Å²) in [6.07, 6.45) is 5.56. The molecule has 5 heteroatoms. The highest BCUT2D eigenvalue weighted by Crippen LogP contribution is 2.20. The molecule has 3 rings (SSSR count). The third kappa shape index (κ3) is 3.29. The largest absolute Gasteiger partial charge is 0.391 e. The third-order valence-electron chi connectivity index (χ3n) is 4.50. The molecule has 1 aromatic heterocycles. The lowest BCUT2D eigenvalue weighted by atomic mass is 9.92. The molecule has 1 fully saturated rings. The van der Waals surface area contributed by atoms with E-state index in [2.05, 4.69) is 10.4 Å². The van der Waals surface area contributed by atoms with E-state index in [4.69, 9.17) is 0 Å². The van der Waals surface area contributed by atoms with Crippen molar-refractivity contribution in [2.24, 2.45) is 0 Å². The lowest BCUT2D eigenvalue weighted by Gasteiger charge is -2.28. The van der Waals surface area contributed by atoms with Crippen LogP contribution in [-0.2, 0) is 6.42 Å². The van der Waals surface area contributed by atoms with Gasteiger partial charge in [0.05, 0.1) is 35.3 Å². The number of para-hydroxylation sites is 1. The molecule has 122 valence electrons. The number of rotatable bonds is 4. The Morgan fingerprint density at radius 3 is 2.74 bits per heavy atom. The molecule has 0 radical (unpaired) electrons. The van der Waals surface area contributed by atoms with Gasteiger partial charge in [-0.3, -0.25) is 4.79 Å². The molecule has 2 aromatic rings. The Labute approximate surface area is 136 Å². The van der Waals surface area contributed by atoms with E-state index in [0.29, 0.717) is 12.0 Å². The molecule has 0 saturated heterocycles. The predicted molar refractivity (Wildman–Crippen MR) is 88.7 cm³/mol. The minimum atomic E-state index is -0.443. The van der Waals surface area contributed by atoms with Crippen molar-refractivity contribution in [3.8, 4) is 5.69 Å². The molecule has 2 N–H and O–H groups in total. The van der Waals surface area contributed by atoms with Crippen LogP contribution in [0.25, 0.3) is 5.69 Å². The van der Waals surface area contributed by atoms with Gasteiger partial charge in [-0.25, -0.2) is 4.68 Å². The number of aliphatic hydroxyl groups excluding tert-OH is 1. The molecule has 0 spiro atoms. The van der Waals surface area contributed by atoms with Gasteiger partial charge in [-0.2, -0.15) is 5.10 Å². The van der Waals surface area contributed by atoms with Gasteiger partial charge in [0.25, 0.3) is 5.91 Å². The fourth-order valence-corrected chi connectivity index (χ4v) is 3.22. The van der Waals surface area contributed by atoms with Crippen LogP contribution in [0.15, 0.2) is 36.5 Å². The zero-order valence-electron chi connectivity index (χ0n) is 13.4. The quantitative estimate of drug-likeness (QED) is 0.911. The summed E-state index contributed by atoms with van der Waals surface area (Å²) in [5.74, 6) is -0.144. The zero-order chi connectivity index (χ0) is 16.2. The summed E-state index contributed by atoms with van der Waals surface area (Å²) in [5, 5.41) is 17.4. The molecule has 2 atom stereocenters. The standard InChI is InChI=1S/C18H23N3O2/c1-2-16-14(12-19-21(16)13-8-4-3-5-9-13)18(23)20-15-10-6-7-11-17(15)22/h3-5,8-9,12,15,17,22H,2,6-7,10-11H2,1H3,(H,20,23). The zero-order valence-corrected chi connectivity index (χ0v) is 13.4. The van der Waals surface area contributed by atoms with Gasteiger partial charge < -0.3 is 10.4 Å². The highest BCUT2D eigenvalue weighted by Gasteiger charge is 2.26. The smallest absolute Gasteiger partial charge is 0.255 e. The highest BCUT2D eigenvalue weighted by atomic mass is 16.3. The van der Waals surface area contributed by atoms with Crippen LogP contribution in [-0.4, -0.2) is 32.9 Å². The SMILES string of the molecule is CCc1c(C(=O)NC2CCCCC2O)cnn1-c1ccccc1. The maximum absolute atomic E-state index is 12.6. The van der Waals surface area contributed by atoms with Crippen molar-refractivity contribution in [3.05, 3.63) is 47.8 Å². The Hall–Kier alpha value is -2.14. The molecule has 1 amide bonds. The van der Waals surface area contributed by atoms with Crippen LogP contribution in [0.1, 0.15) is 48.7 Å². The lowest BCUT2D eigenvalue weighted by molar-refractivity contribution is 0.0716. The monoisotopic (exact) mass is 313 g/mol. The molecule has 1 heterocycles. The molecular weight excluding hydrogens is 290 g/mol. The van der Waals surface area contributed by atoms with Crippen molar-refractivity contribution >= 4 is 5.91 Å². The maximum Gasteiger partial charge on any atom is 0.255 e. The van der Waals surface area contributed by atoms with Crippen molar-refractivity contribution in [2.75, 3.05) is 0 Å². The molecule has 0 aliphatic heterocycles. The average Bonchev–Trinajstić information content (AvgIpc) is 3.02. The van der Waals surface area contributed by atoms with Gasteiger partial charge in [0.15, 0.2) is 0 Å². The molecule has 1 saturated carbocycles. The molecule has 0 bridgehead atoms. The Morgan fingerprint density at radius 2 is 2.04 bits per heavy atom. The van der Waals surface area contributed by atoms with Crippen LogP contribution in [0.5, 0.6) is 0 Å². The third-order valence-corrected chi connectivity index (χ3v) is 4.50. The number of aliphatic hydroxyl groups is 1. The van der Waals surface area contributed by atoms with Crippen LogP contribution in [0.3, 0.4) is 0 Å². The summed E-state index contributed by atoms with van der Waals surface area (Å²) in [7, 11) is 0. The number of hydrogen-bond acceptors (Lipinski definition) is 3. The number of aromatic nitrogens is 2. The Kier molecular flexibility index (Phi) is 4.76. The van der Waals surface area contributed by atoms with Gasteiger partial charge in [-0.05, 0) is 31.4 Å². The van der Waals surface area contributed by atoms with Crippen molar-refractivity contribution in [1.82, 2.24) is 15.1 Å². The molecular formula is C18H23N3O2. The van der Waals surface area contributed by atoms with E-state index in [9.17, 15) is 9.90 Å². The van der Waals surface area contributed by atoms with E-state index < -0.39 is 6.10 Å². The van der Waals surface area contributed by atoms with E-state index in [-0.39, 0.29) is 11.9 Å². The minimum Gasteiger partial charge on any atom is -0.391 e. The first-order chi connectivity index (χ1) is 11.2. The number of nitrogens with one attached hydrogen (secondary N) is 1. The summed E-state index contributed by atoms with van der Waals surface area (Å²) < 4.78 is 1.81. The first-order valence-electron chi connectivity index (χ1n) is 8.32. The Morgan fingerprint density at radius 1 is 1.30 bits per heavy atom. The highest BCUT2D eigenvalue weighted by molar-refractivity contribution is 5.95. The van der Waals surface area contributed by atoms with Gasteiger partial charge in [0.2, 0.25) is 0 Å². The van der Waals surface area contributed by atoms with E-state index in [1.54, 1.807) is 6.20 Å².